The standard InChI is InChI=1S/C19H34F3N3/c20-19(21,22)16-24-13-7-17(8-14-24)23-15-18(9-3-1-4-10-18)25-11-5-2-6-12-25/h17,23H,1-16H2. The van der Waals surface area contributed by atoms with E-state index in [1.807, 2.05) is 0 Å². The molecule has 2 heterocycles. The molecule has 1 saturated carbocycles. The Balaban J connectivity index is 1.48. The lowest BCUT2D eigenvalue weighted by Crippen LogP contribution is -2.59. The second kappa shape index (κ2) is 8.57. The summed E-state index contributed by atoms with van der Waals surface area (Å²) >= 11 is 0. The van der Waals surface area contributed by atoms with E-state index in [1.165, 1.54) is 64.5 Å². The van der Waals surface area contributed by atoms with Crippen molar-refractivity contribution in [3.05, 3.63) is 0 Å². The lowest BCUT2D eigenvalue weighted by Gasteiger charge is -2.49. The minimum Gasteiger partial charge on any atom is -0.312 e. The molecule has 146 valence electrons. The number of rotatable bonds is 5. The van der Waals surface area contributed by atoms with Crippen LogP contribution in [0.2, 0.25) is 0 Å². The maximum absolute atomic E-state index is 12.5. The molecule has 25 heavy (non-hydrogen) atoms. The van der Waals surface area contributed by atoms with Crippen LogP contribution in [0.3, 0.4) is 0 Å². The molecular weight excluding hydrogens is 327 g/mol. The summed E-state index contributed by atoms with van der Waals surface area (Å²) < 4.78 is 37.6. The number of halogens is 3. The molecular formula is C19H34F3N3. The summed E-state index contributed by atoms with van der Waals surface area (Å²) in [7, 11) is 0. The SMILES string of the molecule is FC(F)(F)CN1CCC(NCC2(N3CCCCC3)CCCCC2)CC1. The monoisotopic (exact) mass is 361 g/mol. The molecule has 2 saturated heterocycles. The number of likely N-dealkylation sites (tertiary alicyclic amines) is 2. The van der Waals surface area contributed by atoms with Crippen molar-refractivity contribution in [1.29, 1.82) is 0 Å². The van der Waals surface area contributed by atoms with Crippen LogP contribution in [-0.4, -0.2) is 66.8 Å². The molecule has 0 aromatic rings. The maximum atomic E-state index is 12.5. The topological polar surface area (TPSA) is 18.5 Å². The van der Waals surface area contributed by atoms with Gasteiger partial charge >= 0.3 is 6.18 Å². The van der Waals surface area contributed by atoms with Gasteiger partial charge in [-0.15, -0.1) is 0 Å². The molecule has 1 N–H and O–H groups in total. The third-order valence-electron chi connectivity index (χ3n) is 6.52. The zero-order valence-corrected chi connectivity index (χ0v) is 15.4. The Morgan fingerprint density at radius 3 is 2.04 bits per heavy atom. The fourth-order valence-corrected chi connectivity index (χ4v) is 5.07. The van der Waals surface area contributed by atoms with Crippen LogP contribution in [0.5, 0.6) is 0 Å². The van der Waals surface area contributed by atoms with Crippen molar-refractivity contribution in [2.24, 2.45) is 0 Å². The smallest absolute Gasteiger partial charge is 0.312 e. The van der Waals surface area contributed by atoms with E-state index in [0.29, 0.717) is 24.7 Å². The molecule has 0 amide bonds. The van der Waals surface area contributed by atoms with Crippen LogP contribution in [0.4, 0.5) is 13.2 Å². The molecule has 0 aromatic carbocycles. The van der Waals surface area contributed by atoms with Gasteiger partial charge in [-0.25, -0.2) is 0 Å². The second-order valence-corrected chi connectivity index (χ2v) is 8.38. The van der Waals surface area contributed by atoms with Gasteiger partial charge in [-0.1, -0.05) is 25.7 Å². The minimum atomic E-state index is -4.07. The summed E-state index contributed by atoms with van der Waals surface area (Å²) in [5.41, 5.74) is 0.307. The van der Waals surface area contributed by atoms with Crippen molar-refractivity contribution < 1.29 is 13.2 Å². The molecule has 0 atom stereocenters. The molecule has 3 nitrogen and oxygen atoms in total. The molecule has 6 heteroatoms. The highest BCUT2D eigenvalue weighted by atomic mass is 19.4. The lowest BCUT2D eigenvalue weighted by molar-refractivity contribution is -0.148. The molecule has 0 aromatic heterocycles. The minimum absolute atomic E-state index is 0.307. The predicted octanol–water partition coefficient (Wildman–Crippen LogP) is 3.79. The van der Waals surface area contributed by atoms with Crippen LogP contribution in [0.25, 0.3) is 0 Å². The highest BCUT2D eigenvalue weighted by molar-refractivity contribution is 4.97. The zero-order valence-electron chi connectivity index (χ0n) is 15.4. The van der Waals surface area contributed by atoms with Gasteiger partial charge in [0.25, 0.3) is 0 Å². The maximum Gasteiger partial charge on any atom is 0.401 e. The summed E-state index contributed by atoms with van der Waals surface area (Å²) in [6.45, 7) is 3.85. The average Bonchev–Trinajstić information content (AvgIpc) is 2.61. The first-order chi connectivity index (χ1) is 12.0. The first kappa shape index (κ1) is 19.4. The Kier molecular flexibility index (Phi) is 6.66. The van der Waals surface area contributed by atoms with E-state index in [-0.39, 0.29) is 0 Å². The number of nitrogens with one attached hydrogen (secondary N) is 1. The molecule has 0 unspecified atom stereocenters. The zero-order chi connectivity index (χ0) is 17.8. The number of nitrogens with zero attached hydrogens (tertiary/aromatic N) is 2. The van der Waals surface area contributed by atoms with E-state index in [1.54, 1.807) is 4.90 Å². The summed E-state index contributed by atoms with van der Waals surface area (Å²) in [6, 6.07) is 0.382. The molecule has 2 aliphatic heterocycles. The first-order valence-electron chi connectivity index (χ1n) is 10.2. The molecule has 3 aliphatic rings. The number of piperidine rings is 2. The number of alkyl halides is 3. The van der Waals surface area contributed by atoms with E-state index in [0.717, 1.165) is 19.4 Å². The van der Waals surface area contributed by atoms with Crippen molar-refractivity contribution in [1.82, 2.24) is 15.1 Å². The summed E-state index contributed by atoms with van der Waals surface area (Å²) in [5, 5.41) is 3.76. The van der Waals surface area contributed by atoms with Crippen LogP contribution >= 0.6 is 0 Å². The van der Waals surface area contributed by atoms with Gasteiger partial charge in [-0.3, -0.25) is 9.80 Å². The summed E-state index contributed by atoms with van der Waals surface area (Å²) in [6.07, 6.45) is 8.17. The summed E-state index contributed by atoms with van der Waals surface area (Å²) in [5.74, 6) is 0. The van der Waals surface area contributed by atoms with Gasteiger partial charge in [-0.2, -0.15) is 13.2 Å². The Morgan fingerprint density at radius 2 is 1.44 bits per heavy atom. The van der Waals surface area contributed by atoms with E-state index in [4.69, 9.17) is 0 Å². The normalized spacial score (nSPS) is 27.5. The molecule has 3 fully saturated rings. The lowest BCUT2D eigenvalue weighted by atomic mass is 9.79. The van der Waals surface area contributed by atoms with Gasteiger partial charge in [0.15, 0.2) is 0 Å². The van der Waals surface area contributed by atoms with E-state index in [9.17, 15) is 13.2 Å². The third-order valence-corrected chi connectivity index (χ3v) is 6.52. The first-order valence-corrected chi connectivity index (χ1v) is 10.2. The quantitative estimate of drug-likeness (QED) is 0.804. The molecule has 0 bridgehead atoms. The van der Waals surface area contributed by atoms with Gasteiger partial charge < -0.3 is 5.32 Å². The third kappa shape index (κ3) is 5.57. The Morgan fingerprint density at radius 1 is 0.840 bits per heavy atom. The molecule has 0 spiro atoms. The van der Waals surface area contributed by atoms with E-state index < -0.39 is 12.7 Å². The van der Waals surface area contributed by atoms with Gasteiger partial charge in [-0.05, 0) is 64.7 Å². The number of hydrogen-bond donors (Lipinski definition) is 1. The van der Waals surface area contributed by atoms with Crippen LogP contribution in [0.1, 0.15) is 64.2 Å². The van der Waals surface area contributed by atoms with Crippen molar-refractivity contribution in [3.63, 3.8) is 0 Å². The average molecular weight is 361 g/mol. The van der Waals surface area contributed by atoms with E-state index in [2.05, 4.69) is 10.2 Å². The molecule has 1 aliphatic carbocycles. The van der Waals surface area contributed by atoms with Crippen molar-refractivity contribution in [3.8, 4) is 0 Å². The van der Waals surface area contributed by atoms with Crippen LogP contribution < -0.4 is 5.32 Å². The number of hydrogen-bond acceptors (Lipinski definition) is 3. The highest BCUT2D eigenvalue weighted by Gasteiger charge is 2.39. The van der Waals surface area contributed by atoms with Crippen molar-refractivity contribution in [2.45, 2.75) is 82.0 Å². The largest absolute Gasteiger partial charge is 0.401 e. The van der Waals surface area contributed by atoms with Gasteiger partial charge in [0.2, 0.25) is 0 Å². The Bertz CT molecular complexity index is 393. The van der Waals surface area contributed by atoms with Gasteiger partial charge in [0.05, 0.1) is 6.54 Å². The van der Waals surface area contributed by atoms with Crippen molar-refractivity contribution >= 4 is 0 Å². The second-order valence-electron chi connectivity index (χ2n) is 8.38. The van der Waals surface area contributed by atoms with Crippen LogP contribution in [0, 0.1) is 0 Å². The molecule has 3 rings (SSSR count). The van der Waals surface area contributed by atoms with Crippen molar-refractivity contribution in [2.75, 3.05) is 39.3 Å². The van der Waals surface area contributed by atoms with Crippen LogP contribution in [-0.2, 0) is 0 Å². The van der Waals surface area contributed by atoms with E-state index >= 15 is 0 Å². The fraction of sp³-hybridized carbons (Fsp3) is 1.00. The fourth-order valence-electron chi connectivity index (χ4n) is 5.07. The van der Waals surface area contributed by atoms with Gasteiger partial charge in [0, 0.05) is 18.1 Å². The predicted molar refractivity (Wildman–Crippen MR) is 94.8 cm³/mol. The molecule has 0 radical (unpaired) electrons. The Hall–Kier alpha value is -0.330. The highest BCUT2D eigenvalue weighted by Crippen LogP contribution is 2.35. The van der Waals surface area contributed by atoms with Gasteiger partial charge in [0.1, 0.15) is 0 Å². The summed E-state index contributed by atoms with van der Waals surface area (Å²) in [4.78, 5) is 4.29. The Labute approximate surface area is 150 Å². The van der Waals surface area contributed by atoms with Crippen LogP contribution in [0.15, 0.2) is 0 Å².